The van der Waals surface area contributed by atoms with Crippen molar-refractivity contribution >= 4 is 11.7 Å². The van der Waals surface area contributed by atoms with Crippen molar-refractivity contribution in [2.24, 2.45) is 5.73 Å². The van der Waals surface area contributed by atoms with Gasteiger partial charge in [0, 0.05) is 6.07 Å². The molecule has 0 saturated carbocycles. The zero-order valence-corrected chi connectivity index (χ0v) is 14.1. The van der Waals surface area contributed by atoms with E-state index in [1.54, 1.807) is 0 Å². The largest absolute Gasteiger partial charge is 0.390 e. The standard InChI is InChI=1S/C15H13F4N7O2/c16-8-6-21-14(23-13(8)22-7-12(20)27)10-5-11(9-1-4-28-25-9)26(24-10)3-2-15(17,18)19/h1,4-6H,2-3,7H2,(H2,20,27)(H,21,22,23). The highest BCUT2D eigenvalue weighted by Gasteiger charge is 2.28. The smallest absolute Gasteiger partial charge is 0.368 e. The number of nitrogens with one attached hydrogen (secondary N) is 1. The number of carbonyl (C=O) groups is 1. The number of nitrogens with zero attached hydrogens (tertiary/aromatic N) is 5. The second-order valence-corrected chi connectivity index (χ2v) is 5.60. The number of aromatic nitrogens is 5. The molecule has 3 heterocycles. The van der Waals surface area contributed by atoms with Crippen LogP contribution in [0.2, 0.25) is 0 Å². The van der Waals surface area contributed by atoms with Crippen molar-refractivity contribution in [3.63, 3.8) is 0 Å². The lowest BCUT2D eigenvalue weighted by atomic mass is 10.2. The maximum absolute atomic E-state index is 13.8. The van der Waals surface area contributed by atoms with E-state index in [1.807, 2.05) is 0 Å². The summed E-state index contributed by atoms with van der Waals surface area (Å²) in [6.07, 6.45) is -3.40. The summed E-state index contributed by atoms with van der Waals surface area (Å²) >= 11 is 0. The van der Waals surface area contributed by atoms with Gasteiger partial charge in [-0.05, 0) is 6.07 Å². The van der Waals surface area contributed by atoms with Crippen molar-refractivity contribution in [1.82, 2.24) is 24.9 Å². The number of carbonyl (C=O) groups excluding carboxylic acids is 1. The molecule has 3 aromatic heterocycles. The topological polar surface area (TPSA) is 125 Å². The second-order valence-electron chi connectivity index (χ2n) is 5.60. The maximum atomic E-state index is 13.8. The molecule has 9 nitrogen and oxygen atoms in total. The van der Waals surface area contributed by atoms with Gasteiger partial charge in [-0.3, -0.25) is 9.48 Å². The monoisotopic (exact) mass is 399 g/mol. The molecule has 0 bridgehead atoms. The fourth-order valence-corrected chi connectivity index (χ4v) is 2.27. The van der Waals surface area contributed by atoms with E-state index in [4.69, 9.17) is 10.3 Å². The maximum Gasteiger partial charge on any atom is 0.390 e. The summed E-state index contributed by atoms with van der Waals surface area (Å²) in [4.78, 5) is 18.6. The minimum Gasteiger partial charge on any atom is -0.368 e. The summed E-state index contributed by atoms with van der Waals surface area (Å²) in [5.41, 5.74) is 5.58. The molecule has 0 atom stereocenters. The third-order valence-electron chi connectivity index (χ3n) is 3.49. The van der Waals surface area contributed by atoms with Crippen LogP contribution in [-0.4, -0.2) is 43.5 Å². The fraction of sp³-hybridized carbons (Fsp3) is 0.267. The number of anilines is 1. The van der Waals surface area contributed by atoms with Crippen LogP contribution in [0.1, 0.15) is 6.42 Å². The molecule has 3 aromatic rings. The van der Waals surface area contributed by atoms with Crippen LogP contribution < -0.4 is 11.1 Å². The van der Waals surface area contributed by atoms with Gasteiger partial charge in [0.05, 0.1) is 31.4 Å². The molecule has 0 aliphatic carbocycles. The van der Waals surface area contributed by atoms with Gasteiger partial charge >= 0.3 is 6.18 Å². The molecule has 3 rings (SSSR count). The van der Waals surface area contributed by atoms with Crippen LogP contribution in [-0.2, 0) is 11.3 Å². The normalized spacial score (nSPS) is 11.6. The third kappa shape index (κ3) is 4.61. The van der Waals surface area contributed by atoms with Gasteiger partial charge in [-0.2, -0.15) is 18.3 Å². The molecule has 0 aliphatic heterocycles. The number of hydrogen-bond donors (Lipinski definition) is 2. The van der Waals surface area contributed by atoms with E-state index in [0.29, 0.717) is 0 Å². The highest BCUT2D eigenvalue weighted by atomic mass is 19.4. The van der Waals surface area contributed by atoms with Crippen molar-refractivity contribution in [2.75, 3.05) is 11.9 Å². The Morgan fingerprint density at radius 1 is 1.32 bits per heavy atom. The Labute approximate surface area is 154 Å². The first-order valence-electron chi connectivity index (χ1n) is 7.83. The quantitative estimate of drug-likeness (QED) is 0.582. The van der Waals surface area contributed by atoms with Gasteiger partial charge in [-0.15, -0.1) is 0 Å². The van der Waals surface area contributed by atoms with E-state index in [-0.39, 0.29) is 35.3 Å². The summed E-state index contributed by atoms with van der Waals surface area (Å²) in [5.74, 6) is -1.93. The molecule has 0 spiro atoms. The lowest BCUT2D eigenvalue weighted by Gasteiger charge is -2.08. The Balaban J connectivity index is 1.96. The number of aryl methyl sites for hydroxylation is 1. The molecule has 0 radical (unpaired) electrons. The van der Waals surface area contributed by atoms with Gasteiger partial charge < -0.3 is 15.6 Å². The van der Waals surface area contributed by atoms with E-state index in [0.717, 1.165) is 10.9 Å². The number of hydrogen-bond acceptors (Lipinski definition) is 7. The van der Waals surface area contributed by atoms with E-state index < -0.39 is 30.9 Å². The molecule has 28 heavy (non-hydrogen) atoms. The van der Waals surface area contributed by atoms with Gasteiger partial charge in [-0.25, -0.2) is 14.4 Å². The first kappa shape index (κ1) is 19.3. The van der Waals surface area contributed by atoms with Crippen LogP contribution in [0.4, 0.5) is 23.4 Å². The summed E-state index contributed by atoms with van der Waals surface area (Å²) in [5, 5.41) is 10.2. The predicted molar refractivity (Wildman–Crippen MR) is 87.1 cm³/mol. The van der Waals surface area contributed by atoms with E-state index in [9.17, 15) is 22.4 Å². The third-order valence-corrected chi connectivity index (χ3v) is 3.49. The number of amides is 1. The van der Waals surface area contributed by atoms with Crippen molar-refractivity contribution < 1.29 is 26.9 Å². The molecule has 1 amide bonds. The number of alkyl halides is 3. The predicted octanol–water partition coefficient (Wildman–Crippen LogP) is 1.98. The Bertz CT molecular complexity index is 969. The van der Waals surface area contributed by atoms with Gasteiger partial charge in [0.1, 0.15) is 17.7 Å². The molecule has 13 heteroatoms. The van der Waals surface area contributed by atoms with Gasteiger partial charge in [0.2, 0.25) is 5.91 Å². The minimum atomic E-state index is -4.38. The van der Waals surface area contributed by atoms with Crippen LogP contribution >= 0.6 is 0 Å². The summed E-state index contributed by atoms with van der Waals surface area (Å²) in [6.45, 7) is -0.836. The SMILES string of the molecule is NC(=O)CNc1nc(-c2cc(-c3ccon3)n(CCC(F)(F)F)n2)ncc1F. The zero-order valence-electron chi connectivity index (χ0n) is 14.1. The van der Waals surface area contributed by atoms with Gasteiger partial charge in [-0.1, -0.05) is 5.16 Å². The Morgan fingerprint density at radius 2 is 2.11 bits per heavy atom. The summed E-state index contributed by atoms with van der Waals surface area (Å²) < 4.78 is 57.4. The summed E-state index contributed by atoms with van der Waals surface area (Å²) in [6, 6.07) is 2.86. The second kappa shape index (κ2) is 7.62. The van der Waals surface area contributed by atoms with Crippen molar-refractivity contribution in [2.45, 2.75) is 19.1 Å². The fourth-order valence-electron chi connectivity index (χ4n) is 2.27. The summed E-state index contributed by atoms with van der Waals surface area (Å²) in [7, 11) is 0. The molecular formula is C15H13F4N7O2. The highest BCUT2D eigenvalue weighted by Crippen LogP contribution is 2.27. The Hall–Kier alpha value is -3.51. The van der Waals surface area contributed by atoms with E-state index in [1.165, 1.54) is 18.4 Å². The number of rotatable bonds is 7. The highest BCUT2D eigenvalue weighted by molar-refractivity contribution is 5.78. The Morgan fingerprint density at radius 3 is 2.75 bits per heavy atom. The zero-order chi connectivity index (χ0) is 20.3. The first-order chi connectivity index (χ1) is 13.2. The molecule has 0 saturated heterocycles. The molecule has 0 unspecified atom stereocenters. The molecule has 3 N–H and O–H groups in total. The lowest BCUT2D eigenvalue weighted by molar-refractivity contribution is -0.137. The average Bonchev–Trinajstić information content (AvgIpc) is 3.28. The average molecular weight is 399 g/mol. The minimum absolute atomic E-state index is 0.0659. The number of nitrogens with two attached hydrogens (primary N) is 1. The molecule has 148 valence electrons. The Kier molecular flexibility index (Phi) is 5.24. The lowest BCUT2D eigenvalue weighted by Crippen LogP contribution is -2.22. The van der Waals surface area contributed by atoms with Crippen molar-refractivity contribution in [3.8, 4) is 22.9 Å². The van der Waals surface area contributed by atoms with E-state index >= 15 is 0 Å². The molecule has 0 aliphatic rings. The van der Waals surface area contributed by atoms with Crippen molar-refractivity contribution in [3.05, 3.63) is 30.4 Å². The van der Waals surface area contributed by atoms with Crippen LogP contribution in [0.5, 0.6) is 0 Å². The van der Waals surface area contributed by atoms with Crippen LogP contribution in [0.25, 0.3) is 22.9 Å². The number of halogens is 4. The van der Waals surface area contributed by atoms with Crippen LogP contribution in [0, 0.1) is 5.82 Å². The van der Waals surface area contributed by atoms with Gasteiger partial charge in [0.15, 0.2) is 17.5 Å². The van der Waals surface area contributed by atoms with Crippen molar-refractivity contribution in [1.29, 1.82) is 0 Å². The van der Waals surface area contributed by atoms with E-state index in [2.05, 4.69) is 25.5 Å². The van der Waals surface area contributed by atoms with Crippen LogP contribution in [0.3, 0.4) is 0 Å². The number of primary amides is 1. The molecule has 0 aromatic carbocycles. The first-order valence-corrected chi connectivity index (χ1v) is 7.83. The van der Waals surface area contributed by atoms with Crippen LogP contribution in [0.15, 0.2) is 29.1 Å². The van der Waals surface area contributed by atoms with Gasteiger partial charge in [0.25, 0.3) is 0 Å². The molecule has 0 fully saturated rings. The molecular weight excluding hydrogens is 386 g/mol.